The smallest absolute Gasteiger partial charge is 0.419 e. The minimum Gasteiger partial charge on any atom is -0.496 e. The van der Waals surface area contributed by atoms with Crippen molar-refractivity contribution in [3.8, 4) is 5.75 Å². The first-order valence-corrected chi connectivity index (χ1v) is 14.6. The van der Waals surface area contributed by atoms with Crippen molar-refractivity contribution >= 4 is 34.7 Å². The largest absolute Gasteiger partial charge is 0.496 e. The van der Waals surface area contributed by atoms with E-state index in [0.29, 0.717) is 71.8 Å². The highest BCUT2D eigenvalue weighted by Gasteiger charge is 2.48. The SMILES string of the molecule is [2H]C([2H])([2H])SC1([2H])CC2(CCN(C([2H])([2H])c3c(OC)cc(C)c4c3ccn4C(=O)OC(C)(C)C)[C@H](c3ccc(C(=O)OC)cc3)C2)C1. The van der Waals surface area contributed by atoms with Gasteiger partial charge in [-0.1, -0.05) is 12.1 Å². The molecule has 1 saturated carbocycles. The summed E-state index contributed by atoms with van der Waals surface area (Å²) in [6.07, 6.45) is 0.553. The number of carbonyl (C=O) groups excluding carboxylic acids is 2. The van der Waals surface area contributed by atoms with Gasteiger partial charge in [0.1, 0.15) is 11.4 Å². The maximum atomic E-state index is 13.2. The third-order valence-electron chi connectivity index (χ3n) is 8.08. The summed E-state index contributed by atoms with van der Waals surface area (Å²) in [4.78, 5) is 27.2. The Morgan fingerprint density at radius 1 is 1.17 bits per heavy atom. The summed E-state index contributed by atoms with van der Waals surface area (Å²) in [7, 11) is 2.80. The summed E-state index contributed by atoms with van der Waals surface area (Å²) in [5.74, 6) is -0.144. The maximum Gasteiger partial charge on any atom is 0.419 e. The number of rotatable bonds is 6. The van der Waals surface area contributed by atoms with Gasteiger partial charge < -0.3 is 14.2 Å². The molecule has 3 aromatic rings. The van der Waals surface area contributed by atoms with E-state index in [1.165, 1.54) is 18.8 Å². The predicted molar refractivity (Wildman–Crippen MR) is 164 cm³/mol. The Morgan fingerprint density at radius 2 is 1.90 bits per heavy atom. The van der Waals surface area contributed by atoms with Crippen molar-refractivity contribution < 1.29 is 32.0 Å². The molecule has 2 heterocycles. The molecule has 1 aliphatic carbocycles. The van der Waals surface area contributed by atoms with Gasteiger partial charge in [-0.25, -0.2) is 9.59 Å². The highest BCUT2D eigenvalue weighted by Crippen LogP contribution is 2.57. The Hall–Kier alpha value is -2.97. The van der Waals surface area contributed by atoms with Crippen molar-refractivity contribution in [3.05, 3.63) is 64.8 Å². The van der Waals surface area contributed by atoms with Crippen molar-refractivity contribution in [2.24, 2.45) is 5.41 Å². The molecule has 0 radical (unpaired) electrons. The average molecular weight is 585 g/mol. The molecule has 8 heteroatoms. The quantitative estimate of drug-likeness (QED) is 0.280. The van der Waals surface area contributed by atoms with Crippen LogP contribution in [0.5, 0.6) is 5.75 Å². The molecule has 1 saturated heterocycles. The van der Waals surface area contributed by atoms with Crippen molar-refractivity contribution in [3.63, 3.8) is 0 Å². The van der Waals surface area contributed by atoms with E-state index in [1.54, 1.807) is 68.3 Å². The lowest BCUT2D eigenvalue weighted by Crippen LogP contribution is -2.49. The first kappa shape index (κ1) is 22.6. The first-order chi connectivity index (χ1) is 21.7. The number of nitrogens with zero attached hydrogens (tertiary/aromatic N) is 2. The number of aromatic nitrogens is 1. The van der Waals surface area contributed by atoms with E-state index in [0.717, 1.165) is 5.56 Å². The zero-order chi connectivity index (χ0) is 34.7. The minimum atomic E-state index is -2.28. The molecule has 220 valence electrons. The molecule has 0 N–H and O–H groups in total. The van der Waals surface area contributed by atoms with Gasteiger partial charge in [0.15, 0.2) is 0 Å². The molecule has 0 bridgehead atoms. The number of methoxy groups -OCH3 is 2. The molecule has 1 spiro atoms. The van der Waals surface area contributed by atoms with Crippen LogP contribution in [0.3, 0.4) is 0 Å². The van der Waals surface area contributed by atoms with Gasteiger partial charge in [-0.3, -0.25) is 9.47 Å². The van der Waals surface area contributed by atoms with E-state index in [-0.39, 0.29) is 11.0 Å². The summed E-state index contributed by atoms with van der Waals surface area (Å²) in [5.41, 5.74) is 1.58. The summed E-state index contributed by atoms with van der Waals surface area (Å²) in [6.45, 7) is 5.39. The van der Waals surface area contributed by atoms with Crippen molar-refractivity contribution in [2.45, 2.75) is 76.7 Å². The van der Waals surface area contributed by atoms with Crippen LogP contribution in [0.25, 0.3) is 10.9 Å². The lowest BCUT2D eigenvalue weighted by molar-refractivity contribution is -0.00568. The third-order valence-corrected chi connectivity index (χ3v) is 8.66. The molecule has 1 atom stereocenters. The molecule has 5 rings (SSSR count). The molecular weight excluding hydrogens is 536 g/mol. The monoisotopic (exact) mass is 584 g/mol. The number of ether oxygens (including phenoxy) is 3. The fourth-order valence-corrected chi connectivity index (χ4v) is 6.85. The van der Waals surface area contributed by atoms with Crippen LogP contribution in [0.4, 0.5) is 4.79 Å². The van der Waals surface area contributed by atoms with E-state index < -0.39 is 41.6 Å². The number of thioether (sulfide) groups is 1. The Labute approximate surface area is 255 Å². The van der Waals surface area contributed by atoms with Gasteiger partial charge in [-0.15, -0.1) is 0 Å². The number of hydrogen-bond donors (Lipinski definition) is 0. The van der Waals surface area contributed by atoms with Gasteiger partial charge in [-0.2, -0.15) is 11.8 Å². The normalized spacial score (nSPS) is 27.5. The fourth-order valence-electron chi connectivity index (χ4n) is 6.09. The second-order valence-electron chi connectivity index (χ2n) is 12.1. The van der Waals surface area contributed by atoms with Gasteiger partial charge in [0.2, 0.25) is 0 Å². The number of piperidine rings is 1. The molecule has 7 nitrogen and oxygen atoms in total. The minimum absolute atomic E-state index is 0.274. The molecule has 2 aromatic carbocycles. The number of esters is 1. The van der Waals surface area contributed by atoms with Gasteiger partial charge in [0.05, 0.1) is 25.3 Å². The molecule has 1 aromatic heterocycles. The van der Waals surface area contributed by atoms with Gasteiger partial charge in [-0.05, 0) is 107 Å². The zero-order valence-corrected chi connectivity index (χ0v) is 25.3. The Kier molecular flexibility index (Phi) is 6.27. The summed E-state index contributed by atoms with van der Waals surface area (Å²) < 4.78 is 69.1. The van der Waals surface area contributed by atoms with Crippen LogP contribution in [0.1, 0.15) is 87.8 Å². The van der Waals surface area contributed by atoms with Crippen LogP contribution in [0, 0.1) is 12.3 Å². The lowest BCUT2D eigenvalue weighted by Gasteiger charge is -2.55. The highest BCUT2D eigenvalue weighted by atomic mass is 32.2. The lowest BCUT2D eigenvalue weighted by atomic mass is 9.60. The van der Waals surface area contributed by atoms with Crippen molar-refractivity contribution in [2.75, 3.05) is 26.9 Å². The average Bonchev–Trinajstić information content (AvgIpc) is 3.39. The summed E-state index contributed by atoms with van der Waals surface area (Å²) >= 11 is 0.708. The highest BCUT2D eigenvalue weighted by molar-refractivity contribution is 7.99. The third kappa shape index (κ3) is 5.86. The van der Waals surface area contributed by atoms with Gasteiger partial charge >= 0.3 is 12.1 Å². The number of hydrogen-bond acceptors (Lipinski definition) is 7. The standard InChI is InChI=1S/C33H42N2O5S/c1-21-16-28(38-5)26(25-12-14-35(29(21)25)31(37)40-32(2,3)4)20-34-15-13-33(17-24(18-33)41-7)19-27(34)22-8-10-23(11-9-22)30(36)39-6/h8-12,14,16,24,27H,13,15,17-20H2,1-7H3/t24?,27-,33?/m0/s1/i7D3,20D2,24D. The molecule has 41 heavy (non-hydrogen) atoms. The van der Waals surface area contributed by atoms with Crippen molar-refractivity contribution in [1.82, 2.24) is 9.47 Å². The fraction of sp³-hybridized carbons (Fsp3) is 0.515. The second kappa shape index (κ2) is 11.4. The van der Waals surface area contributed by atoms with Crippen LogP contribution in [0.2, 0.25) is 0 Å². The first-order valence-electron chi connectivity index (χ1n) is 16.8. The Bertz CT molecular complexity index is 1680. The molecule has 1 aliphatic heterocycles. The van der Waals surface area contributed by atoms with E-state index in [1.807, 2.05) is 6.92 Å². The topological polar surface area (TPSA) is 70.0 Å². The molecule has 2 aliphatic rings. The van der Waals surface area contributed by atoms with E-state index in [4.69, 9.17) is 19.7 Å². The summed E-state index contributed by atoms with van der Waals surface area (Å²) in [6, 6.07) is 9.85. The number of aryl methyl sites for hydroxylation is 1. The van der Waals surface area contributed by atoms with Crippen LogP contribution in [-0.4, -0.2) is 59.3 Å². The van der Waals surface area contributed by atoms with Crippen LogP contribution in [0.15, 0.2) is 42.6 Å². The van der Waals surface area contributed by atoms with Gasteiger partial charge in [0, 0.05) is 43.1 Å². The van der Waals surface area contributed by atoms with E-state index >= 15 is 0 Å². The molecule has 0 unspecified atom stereocenters. The van der Waals surface area contributed by atoms with Crippen LogP contribution in [-0.2, 0) is 16.0 Å². The summed E-state index contributed by atoms with van der Waals surface area (Å²) in [5, 5.41) is -0.622. The van der Waals surface area contributed by atoms with Gasteiger partial charge in [0.25, 0.3) is 0 Å². The van der Waals surface area contributed by atoms with Crippen LogP contribution >= 0.6 is 11.8 Å². The Balaban J connectivity index is 1.59. The molecule has 0 amide bonds. The number of fused-ring (bicyclic) bond motifs is 1. The predicted octanol–water partition coefficient (Wildman–Crippen LogP) is 7.38. The molecular formula is C33H42N2O5S. The zero-order valence-electron chi connectivity index (χ0n) is 30.5. The second-order valence-corrected chi connectivity index (χ2v) is 12.9. The van der Waals surface area contributed by atoms with E-state index in [2.05, 4.69) is 0 Å². The Morgan fingerprint density at radius 3 is 2.54 bits per heavy atom. The van der Waals surface area contributed by atoms with Crippen LogP contribution < -0.4 is 4.74 Å². The van der Waals surface area contributed by atoms with E-state index in [9.17, 15) is 12.3 Å². The number of likely N-dealkylation sites (tertiary alicyclic amines) is 1. The maximum absolute atomic E-state index is 13.2. The number of carbonyl (C=O) groups is 2. The van der Waals surface area contributed by atoms with Crippen molar-refractivity contribution in [1.29, 1.82) is 0 Å². The molecule has 2 fully saturated rings. The number of benzene rings is 2.